The zero-order valence-corrected chi connectivity index (χ0v) is 13.8. The van der Waals surface area contributed by atoms with Crippen molar-refractivity contribution >= 4 is 17.7 Å². The Morgan fingerprint density at radius 1 is 1.42 bits per heavy atom. The molecule has 2 aromatic rings. The Balaban J connectivity index is 1.46. The van der Waals surface area contributed by atoms with Gasteiger partial charge in [-0.05, 0) is 42.7 Å². The van der Waals surface area contributed by atoms with Crippen molar-refractivity contribution in [2.24, 2.45) is 5.92 Å². The molecule has 1 fully saturated rings. The summed E-state index contributed by atoms with van der Waals surface area (Å²) in [6.45, 7) is 2.62. The second kappa shape index (κ2) is 7.73. The second-order valence-corrected chi connectivity index (χ2v) is 5.90. The number of furan rings is 1. The van der Waals surface area contributed by atoms with Crippen LogP contribution < -0.4 is 15.0 Å². The monoisotopic (exact) mass is 326 g/mol. The van der Waals surface area contributed by atoms with E-state index in [-0.39, 0.29) is 5.91 Å². The van der Waals surface area contributed by atoms with Gasteiger partial charge in [0.2, 0.25) is 5.91 Å². The van der Waals surface area contributed by atoms with Crippen LogP contribution in [0.15, 0.2) is 53.2 Å². The molecule has 0 aliphatic carbocycles. The highest BCUT2D eigenvalue weighted by Crippen LogP contribution is 2.26. The van der Waals surface area contributed by atoms with Gasteiger partial charge in [0.15, 0.2) is 0 Å². The summed E-state index contributed by atoms with van der Waals surface area (Å²) in [6, 6.07) is 11.7. The van der Waals surface area contributed by atoms with Crippen LogP contribution in [0.5, 0.6) is 5.75 Å². The molecule has 1 aromatic heterocycles. The van der Waals surface area contributed by atoms with E-state index in [1.165, 1.54) is 11.8 Å². The lowest BCUT2D eigenvalue weighted by Gasteiger charge is -2.19. The first-order valence-electron chi connectivity index (χ1n) is 8.13. The van der Waals surface area contributed by atoms with Gasteiger partial charge in [-0.25, -0.2) is 0 Å². The van der Waals surface area contributed by atoms with E-state index in [1.54, 1.807) is 25.5 Å². The number of carbonyl (C=O) groups is 1. The molecule has 24 heavy (non-hydrogen) atoms. The van der Waals surface area contributed by atoms with Crippen molar-refractivity contribution in [3.05, 3.63) is 54.5 Å². The summed E-state index contributed by atoms with van der Waals surface area (Å²) >= 11 is 0. The molecule has 0 spiro atoms. The molecule has 5 heteroatoms. The maximum Gasteiger partial charge on any atom is 0.244 e. The van der Waals surface area contributed by atoms with E-state index >= 15 is 0 Å². The second-order valence-electron chi connectivity index (χ2n) is 5.90. The summed E-state index contributed by atoms with van der Waals surface area (Å²) in [4.78, 5) is 14.2. The van der Waals surface area contributed by atoms with Crippen LogP contribution in [0.25, 0.3) is 6.08 Å². The number of methoxy groups -OCH3 is 1. The number of hydrogen-bond donors (Lipinski definition) is 1. The third-order valence-corrected chi connectivity index (χ3v) is 4.21. The maximum absolute atomic E-state index is 11.9. The first kappa shape index (κ1) is 16.2. The van der Waals surface area contributed by atoms with E-state index in [2.05, 4.69) is 16.3 Å². The Morgan fingerprint density at radius 2 is 2.33 bits per heavy atom. The van der Waals surface area contributed by atoms with Crippen LogP contribution in [0.2, 0.25) is 0 Å². The first-order chi connectivity index (χ1) is 11.7. The summed E-state index contributed by atoms with van der Waals surface area (Å²) < 4.78 is 10.4. The summed E-state index contributed by atoms with van der Waals surface area (Å²) in [7, 11) is 1.68. The van der Waals surface area contributed by atoms with Crippen molar-refractivity contribution in [1.82, 2.24) is 5.32 Å². The lowest BCUT2D eigenvalue weighted by Crippen LogP contribution is -2.29. The Bertz CT molecular complexity index is 694. The molecule has 5 nitrogen and oxygen atoms in total. The van der Waals surface area contributed by atoms with Gasteiger partial charge < -0.3 is 19.4 Å². The van der Waals surface area contributed by atoms with E-state index in [9.17, 15) is 4.79 Å². The maximum atomic E-state index is 11.9. The van der Waals surface area contributed by atoms with E-state index in [1.807, 2.05) is 24.3 Å². The molecule has 0 radical (unpaired) electrons. The van der Waals surface area contributed by atoms with Crippen LogP contribution in [0.3, 0.4) is 0 Å². The molecule has 126 valence electrons. The van der Waals surface area contributed by atoms with E-state index in [0.717, 1.165) is 25.3 Å². The molecule has 1 aliphatic rings. The van der Waals surface area contributed by atoms with Gasteiger partial charge in [0.1, 0.15) is 11.5 Å². The highest BCUT2D eigenvalue weighted by atomic mass is 16.5. The van der Waals surface area contributed by atoms with Gasteiger partial charge in [0.25, 0.3) is 0 Å². The summed E-state index contributed by atoms with van der Waals surface area (Å²) in [5.41, 5.74) is 1.17. The Labute approximate surface area is 141 Å². The Morgan fingerprint density at radius 3 is 3.12 bits per heavy atom. The zero-order chi connectivity index (χ0) is 16.8. The molecular weight excluding hydrogens is 304 g/mol. The topological polar surface area (TPSA) is 54.7 Å². The number of anilines is 1. The largest absolute Gasteiger partial charge is 0.497 e. The number of hydrogen-bond acceptors (Lipinski definition) is 4. The third kappa shape index (κ3) is 4.19. The standard InChI is InChI=1S/C19H22N2O3/c1-23-18-5-2-4-16(12-18)21-10-9-15(14-21)13-20-19(22)8-7-17-6-3-11-24-17/h2-8,11-12,15H,9-10,13-14H2,1H3,(H,20,22)/b8-7-/t15-/m0/s1. The van der Waals surface area contributed by atoms with Crippen LogP contribution in [0.4, 0.5) is 5.69 Å². The fourth-order valence-electron chi connectivity index (χ4n) is 2.89. The predicted octanol–water partition coefficient (Wildman–Crippen LogP) is 2.94. The van der Waals surface area contributed by atoms with Crippen LogP contribution >= 0.6 is 0 Å². The normalized spacial score (nSPS) is 17.4. The van der Waals surface area contributed by atoms with E-state index < -0.39 is 0 Å². The van der Waals surface area contributed by atoms with Gasteiger partial charge in [-0.2, -0.15) is 0 Å². The predicted molar refractivity (Wildman–Crippen MR) is 94.1 cm³/mol. The third-order valence-electron chi connectivity index (χ3n) is 4.21. The Hall–Kier alpha value is -2.69. The number of nitrogens with zero attached hydrogens (tertiary/aromatic N) is 1. The highest BCUT2D eigenvalue weighted by Gasteiger charge is 2.23. The van der Waals surface area contributed by atoms with Gasteiger partial charge in [0.05, 0.1) is 13.4 Å². The quantitative estimate of drug-likeness (QED) is 0.829. The number of nitrogens with one attached hydrogen (secondary N) is 1. The van der Waals surface area contributed by atoms with Crippen molar-refractivity contribution in [2.45, 2.75) is 6.42 Å². The van der Waals surface area contributed by atoms with Gasteiger partial charge in [-0.1, -0.05) is 6.07 Å². The number of rotatable bonds is 6. The van der Waals surface area contributed by atoms with Gasteiger partial charge >= 0.3 is 0 Å². The van der Waals surface area contributed by atoms with Crippen molar-refractivity contribution < 1.29 is 13.9 Å². The first-order valence-corrected chi connectivity index (χ1v) is 8.13. The van der Waals surface area contributed by atoms with Gasteiger partial charge in [-0.15, -0.1) is 0 Å². The van der Waals surface area contributed by atoms with Crippen molar-refractivity contribution in [3.8, 4) is 5.75 Å². The Kier molecular flexibility index (Phi) is 5.21. The van der Waals surface area contributed by atoms with Gasteiger partial charge in [-0.3, -0.25) is 4.79 Å². The number of amides is 1. The molecule has 0 unspecified atom stereocenters. The summed E-state index contributed by atoms with van der Waals surface area (Å²) in [5.74, 6) is 1.91. The lowest BCUT2D eigenvalue weighted by molar-refractivity contribution is -0.116. The molecule has 1 aliphatic heterocycles. The molecular formula is C19H22N2O3. The molecule has 2 heterocycles. The number of carbonyl (C=O) groups excluding carboxylic acids is 1. The molecule has 1 amide bonds. The molecule has 1 N–H and O–H groups in total. The van der Waals surface area contributed by atoms with Crippen LogP contribution in [-0.4, -0.2) is 32.7 Å². The SMILES string of the molecule is COc1cccc(N2CC[C@@H](CNC(=O)/C=C\c3ccco3)C2)c1. The zero-order valence-electron chi connectivity index (χ0n) is 13.8. The fourth-order valence-corrected chi connectivity index (χ4v) is 2.89. The number of benzene rings is 1. The average molecular weight is 326 g/mol. The van der Waals surface area contributed by atoms with Crippen LogP contribution in [0.1, 0.15) is 12.2 Å². The fraction of sp³-hybridized carbons (Fsp3) is 0.316. The molecule has 0 saturated carbocycles. The van der Waals surface area contributed by atoms with Crippen molar-refractivity contribution in [1.29, 1.82) is 0 Å². The minimum Gasteiger partial charge on any atom is -0.497 e. The van der Waals surface area contributed by atoms with E-state index in [4.69, 9.17) is 9.15 Å². The van der Waals surface area contributed by atoms with Crippen LogP contribution in [-0.2, 0) is 4.79 Å². The highest BCUT2D eigenvalue weighted by molar-refractivity contribution is 5.91. The van der Waals surface area contributed by atoms with Crippen LogP contribution in [0, 0.1) is 5.92 Å². The summed E-state index contributed by atoms with van der Waals surface area (Å²) in [5, 5.41) is 2.96. The lowest BCUT2D eigenvalue weighted by atomic mass is 10.1. The molecule has 1 saturated heterocycles. The number of ether oxygens (including phenoxy) is 1. The summed E-state index contributed by atoms with van der Waals surface area (Å²) in [6.07, 6.45) is 5.84. The molecule has 0 bridgehead atoms. The van der Waals surface area contributed by atoms with E-state index in [0.29, 0.717) is 18.2 Å². The van der Waals surface area contributed by atoms with Crippen molar-refractivity contribution in [2.75, 3.05) is 31.6 Å². The molecule has 1 atom stereocenters. The minimum absolute atomic E-state index is 0.0915. The smallest absolute Gasteiger partial charge is 0.244 e. The van der Waals surface area contributed by atoms with Crippen molar-refractivity contribution in [3.63, 3.8) is 0 Å². The average Bonchev–Trinajstić information content (AvgIpc) is 3.30. The van der Waals surface area contributed by atoms with Gasteiger partial charge in [0, 0.05) is 37.5 Å². The minimum atomic E-state index is -0.0915. The molecule has 1 aromatic carbocycles. The molecule has 3 rings (SSSR count).